The van der Waals surface area contributed by atoms with Crippen molar-refractivity contribution in [1.82, 2.24) is 4.98 Å². The van der Waals surface area contributed by atoms with E-state index in [1.165, 1.54) is 11.1 Å². The predicted octanol–water partition coefficient (Wildman–Crippen LogP) is 4.40. The second-order valence-electron chi connectivity index (χ2n) is 6.38. The normalized spacial score (nSPS) is 17.1. The number of rotatable bonds is 1. The van der Waals surface area contributed by atoms with Crippen LogP contribution in [0.5, 0.6) is 0 Å². The van der Waals surface area contributed by atoms with Gasteiger partial charge in [0.1, 0.15) is 0 Å². The summed E-state index contributed by atoms with van der Waals surface area (Å²) in [5, 5.41) is 0.970. The maximum absolute atomic E-state index is 12.7. The van der Waals surface area contributed by atoms with E-state index in [4.69, 9.17) is 11.6 Å². The Morgan fingerprint density at radius 2 is 1.88 bits per heavy atom. The van der Waals surface area contributed by atoms with E-state index in [-0.39, 0.29) is 17.1 Å². The average molecular weight is 338 g/mol. The molecular formula is C20H16ClNO2. The highest BCUT2D eigenvalue weighted by molar-refractivity contribution is 6.31. The van der Waals surface area contributed by atoms with Crippen LogP contribution in [0.15, 0.2) is 47.3 Å². The van der Waals surface area contributed by atoms with E-state index in [1.807, 2.05) is 12.1 Å². The minimum absolute atomic E-state index is 0.0902. The molecule has 4 rings (SSSR count). The first kappa shape index (κ1) is 15.2. The fourth-order valence-corrected chi connectivity index (χ4v) is 3.84. The summed E-state index contributed by atoms with van der Waals surface area (Å²) in [5.41, 5.74) is 3.90. The van der Waals surface area contributed by atoms with E-state index < -0.39 is 0 Å². The molecule has 1 atom stereocenters. The quantitative estimate of drug-likeness (QED) is 0.715. The number of H-pyrrole nitrogens is 1. The smallest absolute Gasteiger partial charge is 0.200 e. The molecule has 120 valence electrons. The molecule has 0 saturated carbocycles. The Morgan fingerprint density at radius 3 is 2.67 bits per heavy atom. The summed E-state index contributed by atoms with van der Waals surface area (Å²) in [6.45, 7) is 2.06. The number of carbonyl (C=O) groups is 1. The lowest BCUT2D eigenvalue weighted by molar-refractivity contribution is 0.0962. The number of hydrogen-bond donors (Lipinski definition) is 1. The van der Waals surface area contributed by atoms with E-state index >= 15 is 0 Å². The second kappa shape index (κ2) is 5.60. The Bertz CT molecular complexity index is 1040. The van der Waals surface area contributed by atoms with Crippen LogP contribution < -0.4 is 5.43 Å². The van der Waals surface area contributed by atoms with Gasteiger partial charge in [0, 0.05) is 28.0 Å². The fourth-order valence-electron chi connectivity index (χ4n) is 3.67. The summed E-state index contributed by atoms with van der Waals surface area (Å²) in [4.78, 5) is 28.7. The average Bonchev–Trinajstić information content (AvgIpc) is 2.55. The van der Waals surface area contributed by atoms with Gasteiger partial charge in [-0.1, -0.05) is 35.9 Å². The van der Waals surface area contributed by atoms with Crippen molar-refractivity contribution in [3.8, 4) is 0 Å². The maximum Gasteiger partial charge on any atom is 0.200 e. The Labute approximate surface area is 144 Å². The lowest BCUT2D eigenvalue weighted by Gasteiger charge is -2.25. The first-order chi connectivity index (χ1) is 11.5. The number of pyridine rings is 1. The molecule has 1 N–H and O–H groups in total. The predicted molar refractivity (Wildman–Crippen MR) is 96.2 cm³/mol. The van der Waals surface area contributed by atoms with Crippen LogP contribution in [0.4, 0.5) is 0 Å². The van der Waals surface area contributed by atoms with Gasteiger partial charge >= 0.3 is 0 Å². The number of Topliss-reactive ketones (excluding diaryl/α,β-unsaturated/α-hetero) is 1. The highest BCUT2D eigenvalue weighted by Gasteiger charge is 2.30. The number of aromatic nitrogens is 1. The maximum atomic E-state index is 12.7. The van der Waals surface area contributed by atoms with Gasteiger partial charge in [-0.15, -0.1) is 0 Å². The number of ketones is 1. The third kappa shape index (κ3) is 2.36. The molecule has 24 heavy (non-hydrogen) atoms. The van der Waals surface area contributed by atoms with Crippen LogP contribution in [0.3, 0.4) is 0 Å². The number of nitrogens with one attached hydrogen (secondary N) is 1. The molecule has 0 saturated heterocycles. The number of aryl methyl sites for hydroxylation is 1. The van der Waals surface area contributed by atoms with Gasteiger partial charge in [-0.05, 0) is 48.6 Å². The van der Waals surface area contributed by atoms with E-state index in [1.54, 1.807) is 18.2 Å². The largest absolute Gasteiger partial charge is 0.358 e. The standard InChI is InChI=1S/C20H16ClNO2/c1-11-4-2-3-5-14(11)12-8-17-19(18(23)9-12)20(24)15-10-13(21)6-7-16(15)22-17/h2-7,10,12H,8-9H2,1H3,(H,22,24). The van der Waals surface area contributed by atoms with Crippen molar-refractivity contribution in [3.63, 3.8) is 0 Å². The summed E-state index contributed by atoms with van der Waals surface area (Å²) in [5.74, 6) is 0.0132. The zero-order valence-corrected chi connectivity index (χ0v) is 14.0. The highest BCUT2D eigenvalue weighted by atomic mass is 35.5. The van der Waals surface area contributed by atoms with Crippen molar-refractivity contribution < 1.29 is 4.79 Å². The van der Waals surface area contributed by atoms with Crippen molar-refractivity contribution in [2.45, 2.75) is 25.7 Å². The molecule has 1 aliphatic carbocycles. The van der Waals surface area contributed by atoms with Gasteiger partial charge in [0.05, 0.1) is 5.56 Å². The molecule has 0 spiro atoms. The zero-order chi connectivity index (χ0) is 16.8. The number of benzene rings is 2. The van der Waals surface area contributed by atoms with Gasteiger partial charge in [0.25, 0.3) is 0 Å². The highest BCUT2D eigenvalue weighted by Crippen LogP contribution is 2.33. The molecule has 0 fully saturated rings. The monoisotopic (exact) mass is 337 g/mol. The van der Waals surface area contributed by atoms with Gasteiger partial charge < -0.3 is 4.98 Å². The molecule has 1 unspecified atom stereocenters. The van der Waals surface area contributed by atoms with Crippen molar-refractivity contribution >= 4 is 28.3 Å². The SMILES string of the molecule is Cc1ccccc1C1CC(=O)c2c([nH]c3ccc(Cl)cc3c2=O)C1. The summed E-state index contributed by atoms with van der Waals surface area (Å²) < 4.78 is 0. The molecule has 4 heteroatoms. The van der Waals surface area contributed by atoms with Crippen LogP contribution in [0.2, 0.25) is 5.02 Å². The summed E-state index contributed by atoms with van der Waals surface area (Å²) in [6.07, 6.45) is 1.03. The number of halogens is 1. The molecule has 0 radical (unpaired) electrons. The Morgan fingerprint density at radius 1 is 1.08 bits per heavy atom. The van der Waals surface area contributed by atoms with Gasteiger partial charge in [0.15, 0.2) is 5.78 Å². The fraction of sp³-hybridized carbons (Fsp3) is 0.200. The van der Waals surface area contributed by atoms with Crippen LogP contribution in [0, 0.1) is 6.92 Å². The van der Waals surface area contributed by atoms with Crippen LogP contribution in [-0.2, 0) is 6.42 Å². The van der Waals surface area contributed by atoms with E-state index in [2.05, 4.69) is 24.0 Å². The molecule has 0 amide bonds. The lowest BCUT2D eigenvalue weighted by Crippen LogP contribution is -2.27. The first-order valence-electron chi connectivity index (χ1n) is 7.97. The zero-order valence-electron chi connectivity index (χ0n) is 13.2. The molecule has 3 nitrogen and oxygen atoms in total. The minimum atomic E-state index is -0.213. The number of aromatic amines is 1. The lowest BCUT2D eigenvalue weighted by atomic mass is 9.80. The number of carbonyl (C=O) groups excluding carboxylic acids is 1. The van der Waals surface area contributed by atoms with Crippen molar-refractivity contribution in [3.05, 3.63) is 80.1 Å². The van der Waals surface area contributed by atoms with Crippen LogP contribution >= 0.6 is 11.6 Å². The van der Waals surface area contributed by atoms with Crippen LogP contribution in [0.25, 0.3) is 10.9 Å². The third-order valence-corrected chi connectivity index (χ3v) is 5.07. The molecule has 0 bridgehead atoms. The first-order valence-corrected chi connectivity index (χ1v) is 8.35. The van der Waals surface area contributed by atoms with Gasteiger partial charge in [0.2, 0.25) is 5.43 Å². The minimum Gasteiger partial charge on any atom is -0.358 e. The topological polar surface area (TPSA) is 49.9 Å². The van der Waals surface area contributed by atoms with E-state index in [0.717, 1.165) is 11.2 Å². The van der Waals surface area contributed by atoms with E-state index in [0.29, 0.717) is 28.8 Å². The van der Waals surface area contributed by atoms with Crippen molar-refractivity contribution in [1.29, 1.82) is 0 Å². The van der Waals surface area contributed by atoms with Crippen molar-refractivity contribution in [2.75, 3.05) is 0 Å². The summed E-state index contributed by atoms with van der Waals surface area (Å²) in [7, 11) is 0. The summed E-state index contributed by atoms with van der Waals surface area (Å²) in [6, 6.07) is 13.3. The molecule has 1 aromatic heterocycles. The molecule has 2 aromatic carbocycles. The molecule has 1 aliphatic rings. The van der Waals surface area contributed by atoms with E-state index in [9.17, 15) is 9.59 Å². The van der Waals surface area contributed by atoms with Gasteiger partial charge in [-0.25, -0.2) is 0 Å². The Balaban J connectivity index is 1.88. The van der Waals surface area contributed by atoms with Crippen molar-refractivity contribution in [2.24, 2.45) is 0 Å². The molecule has 3 aromatic rings. The molecular weight excluding hydrogens is 322 g/mol. The number of hydrogen-bond acceptors (Lipinski definition) is 2. The van der Waals surface area contributed by atoms with Crippen LogP contribution in [0.1, 0.15) is 39.5 Å². The van der Waals surface area contributed by atoms with Gasteiger partial charge in [-0.3, -0.25) is 9.59 Å². The molecule has 1 heterocycles. The van der Waals surface area contributed by atoms with Gasteiger partial charge in [-0.2, -0.15) is 0 Å². The van der Waals surface area contributed by atoms with Crippen LogP contribution in [-0.4, -0.2) is 10.8 Å². The molecule has 0 aliphatic heterocycles. The Hall–Kier alpha value is -2.39. The Kier molecular flexibility index (Phi) is 3.54. The number of fused-ring (bicyclic) bond motifs is 2. The summed E-state index contributed by atoms with van der Waals surface area (Å²) >= 11 is 5.99. The second-order valence-corrected chi connectivity index (χ2v) is 6.82. The third-order valence-electron chi connectivity index (χ3n) is 4.83.